The number of aromatic amines is 1. The standard InChI is InChI=1S/C12H18N2O3/c1-12(2,9-5-6-13-7-9)8-14-10(15)3-4-11(16)17/h5-7,13H,3-4,8H2,1-2H3,(H,14,15)(H,16,17). The maximum absolute atomic E-state index is 11.4. The second kappa shape index (κ2) is 5.52. The van der Waals surface area contributed by atoms with E-state index in [1.807, 2.05) is 32.3 Å². The number of carbonyl (C=O) groups is 2. The first-order chi connectivity index (χ1) is 7.92. The number of rotatable bonds is 6. The number of aliphatic carboxylic acids is 1. The minimum absolute atomic E-state index is 0.0263. The lowest BCUT2D eigenvalue weighted by Gasteiger charge is -2.24. The summed E-state index contributed by atoms with van der Waals surface area (Å²) in [5.41, 5.74) is 0.940. The van der Waals surface area contributed by atoms with Gasteiger partial charge in [-0.3, -0.25) is 9.59 Å². The zero-order valence-electron chi connectivity index (χ0n) is 10.1. The lowest BCUT2D eigenvalue weighted by Crippen LogP contribution is -2.36. The Hall–Kier alpha value is -1.78. The highest BCUT2D eigenvalue weighted by Crippen LogP contribution is 2.21. The van der Waals surface area contributed by atoms with Crippen LogP contribution in [-0.2, 0) is 15.0 Å². The maximum Gasteiger partial charge on any atom is 0.303 e. The minimum atomic E-state index is -0.954. The Bertz CT molecular complexity index is 382. The number of amides is 1. The molecule has 0 aliphatic carbocycles. The van der Waals surface area contributed by atoms with E-state index in [-0.39, 0.29) is 24.2 Å². The van der Waals surface area contributed by atoms with Crippen LogP contribution < -0.4 is 5.32 Å². The largest absolute Gasteiger partial charge is 0.481 e. The maximum atomic E-state index is 11.4. The molecule has 1 aromatic rings. The third-order valence-electron chi connectivity index (χ3n) is 2.67. The fraction of sp³-hybridized carbons (Fsp3) is 0.500. The van der Waals surface area contributed by atoms with E-state index in [0.29, 0.717) is 6.54 Å². The molecule has 1 amide bonds. The van der Waals surface area contributed by atoms with E-state index in [4.69, 9.17) is 5.11 Å². The molecule has 0 spiro atoms. The van der Waals surface area contributed by atoms with Crippen LogP contribution in [-0.4, -0.2) is 28.5 Å². The van der Waals surface area contributed by atoms with Crippen molar-refractivity contribution in [2.24, 2.45) is 0 Å². The molecule has 0 bridgehead atoms. The summed E-state index contributed by atoms with van der Waals surface area (Å²) in [5.74, 6) is -1.18. The SMILES string of the molecule is CC(C)(CNC(=O)CCC(=O)O)c1cc[nH]c1. The Morgan fingerprint density at radius 2 is 2.12 bits per heavy atom. The van der Waals surface area contributed by atoms with E-state index in [2.05, 4.69) is 10.3 Å². The highest BCUT2D eigenvalue weighted by molar-refractivity contribution is 5.80. The van der Waals surface area contributed by atoms with Gasteiger partial charge in [-0.1, -0.05) is 13.8 Å². The molecular weight excluding hydrogens is 220 g/mol. The van der Waals surface area contributed by atoms with Gasteiger partial charge in [0, 0.05) is 30.8 Å². The molecule has 3 N–H and O–H groups in total. The van der Waals surface area contributed by atoms with Crippen LogP contribution in [0.25, 0.3) is 0 Å². The number of carbonyl (C=O) groups excluding carboxylic acids is 1. The van der Waals surface area contributed by atoms with E-state index in [1.165, 1.54) is 0 Å². The zero-order chi connectivity index (χ0) is 12.9. The summed E-state index contributed by atoms with van der Waals surface area (Å²) in [6.07, 6.45) is 3.63. The third kappa shape index (κ3) is 4.30. The van der Waals surface area contributed by atoms with Crippen molar-refractivity contribution in [1.29, 1.82) is 0 Å². The summed E-state index contributed by atoms with van der Waals surface area (Å²) in [7, 11) is 0. The van der Waals surface area contributed by atoms with Crippen molar-refractivity contribution >= 4 is 11.9 Å². The van der Waals surface area contributed by atoms with Crippen LogP contribution in [0.4, 0.5) is 0 Å². The number of carboxylic acid groups (broad SMARTS) is 1. The molecule has 0 aliphatic rings. The second-order valence-electron chi connectivity index (χ2n) is 4.65. The normalized spacial score (nSPS) is 11.2. The number of H-pyrrole nitrogens is 1. The fourth-order valence-electron chi connectivity index (χ4n) is 1.48. The summed E-state index contributed by atoms with van der Waals surface area (Å²) >= 11 is 0. The first-order valence-electron chi connectivity index (χ1n) is 5.53. The molecule has 5 nitrogen and oxygen atoms in total. The van der Waals surface area contributed by atoms with E-state index in [9.17, 15) is 9.59 Å². The highest BCUT2D eigenvalue weighted by Gasteiger charge is 2.21. The van der Waals surface area contributed by atoms with Crippen molar-refractivity contribution in [3.05, 3.63) is 24.0 Å². The quantitative estimate of drug-likeness (QED) is 0.698. The summed E-state index contributed by atoms with van der Waals surface area (Å²) in [6, 6.07) is 1.96. The predicted octanol–water partition coefficient (Wildman–Crippen LogP) is 1.27. The number of hydrogen-bond acceptors (Lipinski definition) is 2. The van der Waals surface area contributed by atoms with Crippen molar-refractivity contribution < 1.29 is 14.7 Å². The van der Waals surface area contributed by atoms with Crippen LogP contribution in [0.15, 0.2) is 18.5 Å². The number of hydrogen-bond donors (Lipinski definition) is 3. The lowest BCUT2D eigenvalue weighted by atomic mass is 9.86. The molecule has 0 radical (unpaired) electrons. The van der Waals surface area contributed by atoms with Gasteiger partial charge in [-0.15, -0.1) is 0 Å². The third-order valence-corrected chi connectivity index (χ3v) is 2.67. The topological polar surface area (TPSA) is 82.2 Å². The van der Waals surface area contributed by atoms with Crippen molar-refractivity contribution in [3.8, 4) is 0 Å². The van der Waals surface area contributed by atoms with Gasteiger partial charge in [-0.05, 0) is 11.6 Å². The van der Waals surface area contributed by atoms with E-state index >= 15 is 0 Å². The van der Waals surface area contributed by atoms with Crippen LogP contribution in [0, 0.1) is 0 Å². The van der Waals surface area contributed by atoms with E-state index < -0.39 is 5.97 Å². The number of carboxylic acids is 1. The predicted molar refractivity (Wildman–Crippen MR) is 63.7 cm³/mol. The molecule has 5 heteroatoms. The molecule has 17 heavy (non-hydrogen) atoms. The molecule has 0 fully saturated rings. The van der Waals surface area contributed by atoms with Crippen LogP contribution in [0.5, 0.6) is 0 Å². The molecule has 94 valence electrons. The average molecular weight is 238 g/mol. The van der Waals surface area contributed by atoms with Gasteiger partial charge in [-0.25, -0.2) is 0 Å². The Kier molecular flexibility index (Phi) is 4.31. The first-order valence-corrected chi connectivity index (χ1v) is 5.53. The minimum Gasteiger partial charge on any atom is -0.481 e. The van der Waals surface area contributed by atoms with Crippen LogP contribution in [0.2, 0.25) is 0 Å². The number of nitrogens with one attached hydrogen (secondary N) is 2. The van der Waals surface area contributed by atoms with Gasteiger partial charge in [0.1, 0.15) is 0 Å². The van der Waals surface area contributed by atoms with Gasteiger partial charge in [0.2, 0.25) is 5.91 Å². The van der Waals surface area contributed by atoms with Crippen LogP contribution in [0.1, 0.15) is 32.3 Å². The lowest BCUT2D eigenvalue weighted by molar-refractivity contribution is -0.138. The molecule has 0 aliphatic heterocycles. The van der Waals surface area contributed by atoms with Gasteiger partial charge in [0.15, 0.2) is 0 Å². The van der Waals surface area contributed by atoms with Gasteiger partial charge in [0.25, 0.3) is 0 Å². The Morgan fingerprint density at radius 1 is 1.41 bits per heavy atom. The molecule has 1 rings (SSSR count). The Labute approximate surface area is 100 Å². The van der Waals surface area contributed by atoms with Gasteiger partial charge in [0.05, 0.1) is 6.42 Å². The summed E-state index contributed by atoms with van der Waals surface area (Å²) in [6.45, 7) is 4.53. The van der Waals surface area contributed by atoms with Crippen LogP contribution in [0.3, 0.4) is 0 Å². The van der Waals surface area contributed by atoms with Crippen molar-refractivity contribution in [2.45, 2.75) is 32.1 Å². The molecule has 0 saturated heterocycles. The molecule has 0 saturated carbocycles. The Morgan fingerprint density at radius 3 is 2.65 bits per heavy atom. The smallest absolute Gasteiger partial charge is 0.303 e. The summed E-state index contributed by atoms with van der Waals surface area (Å²) in [5, 5.41) is 11.2. The van der Waals surface area contributed by atoms with E-state index in [0.717, 1.165) is 5.56 Å². The molecule has 1 aromatic heterocycles. The fourth-order valence-corrected chi connectivity index (χ4v) is 1.48. The van der Waals surface area contributed by atoms with Crippen molar-refractivity contribution in [3.63, 3.8) is 0 Å². The molecule has 0 unspecified atom stereocenters. The van der Waals surface area contributed by atoms with Gasteiger partial charge in [-0.2, -0.15) is 0 Å². The van der Waals surface area contributed by atoms with Crippen LogP contribution >= 0.6 is 0 Å². The van der Waals surface area contributed by atoms with Gasteiger partial charge >= 0.3 is 5.97 Å². The zero-order valence-corrected chi connectivity index (χ0v) is 10.1. The Balaban J connectivity index is 2.40. The first kappa shape index (κ1) is 13.3. The summed E-state index contributed by atoms with van der Waals surface area (Å²) in [4.78, 5) is 24.7. The molecular formula is C12H18N2O3. The van der Waals surface area contributed by atoms with Crippen molar-refractivity contribution in [2.75, 3.05) is 6.54 Å². The monoisotopic (exact) mass is 238 g/mol. The summed E-state index contributed by atoms with van der Waals surface area (Å²) < 4.78 is 0. The molecule has 0 aromatic carbocycles. The number of aromatic nitrogens is 1. The van der Waals surface area contributed by atoms with E-state index in [1.54, 1.807) is 0 Å². The highest BCUT2D eigenvalue weighted by atomic mass is 16.4. The molecule has 1 heterocycles. The van der Waals surface area contributed by atoms with Crippen molar-refractivity contribution in [1.82, 2.24) is 10.3 Å². The molecule has 0 atom stereocenters. The second-order valence-corrected chi connectivity index (χ2v) is 4.65. The average Bonchev–Trinajstić information content (AvgIpc) is 2.77. The van der Waals surface area contributed by atoms with Gasteiger partial charge < -0.3 is 15.4 Å².